The maximum absolute atomic E-state index is 12.0. The second-order valence-corrected chi connectivity index (χ2v) is 5.72. The van der Waals surface area contributed by atoms with Crippen molar-refractivity contribution in [2.75, 3.05) is 7.05 Å². The monoisotopic (exact) mass is 256 g/mol. The Hall–Kier alpha value is -1.26. The van der Waals surface area contributed by atoms with Crippen LogP contribution in [0.3, 0.4) is 0 Å². The smallest absolute Gasteiger partial charge is 0.329 e. The third kappa shape index (κ3) is 3.15. The molecule has 1 fully saturated rings. The van der Waals surface area contributed by atoms with Crippen molar-refractivity contribution in [2.45, 2.75) is 58.0 Å². The summed E-state index contributed by atoms with van der Waals surface area (Å²) in [5, 5.41) is 12.2. The van der Waals surface area contributed by atoms with E-state index >= 15 is 0 Å². The molecule has 2 atom stereocenters. The Morgan fingerprint density at radius 2 is 2.06 bits per heavy atom. The molecule has 0 saturated heterocycles. The molecule has 2 N–H and O–H groups in total. The predicted molar refractivity (Wildman–Crippen MR) is 69.4 cm³/mol. The van der Waals surface area contributed by atoms with Crippen LogP contribution in [-0.2, 0) is 4.79 Å². The zero-order valence-corrected chi connectivity index (χ0v) is 11.7. The Balaban J connectivity index is 2.80. The van der Waals surface area contributed by atoms with Gasteiger partial charge in [-0.2, -0.15) is 0 Å². The summed E-state index contributed by atoms with van der Waals surface area (Å²) in [6.45, 7) is 5.84. The van der Waals surface area contributed by atoms with Gasteiger partial charge in [-0.25, -0.2) is 9.59 Å². The largest absolute Gasteiger partial charge is 0.480 e. The van der Waals surface area contributed by atoms with Crippen molar-refractivity contribution in [3.8, 4) is 0 Å². The van der Waals surface area contributed by atoms with Crippen LogP contribution in [0.2, 0.25) is 0 Å². The second-order valence-electron chi connectivity index (χ2n) is 5.72. The molecule has 5 heteroatoms. The van der Waals surface area contributed by atoms with E-state index in [2.05, 4.69) is 5.32 Å². The van der Waals surface area contributed by atoms with E-state index in [0.717, 1.165) is 12.8 Å². The van der Waals surface area contributed by atoms with E-state index in [9.17, 15) is 14.7 Å². The van der Waals surface area contributed by atoms with Gasteiger partial charge in [0.15, 0.2) is 0 Å². The van der Waals surface area contributed by atoms with Crippen LogP contribution in [0.5, 0.6) is 0 Å². The minimum Gasteiger partial charge on any atom is -0.480 e. The van der Waals surface area contributed by atoms with Gasteiger partial charge >= 0.3 is 12.0 Å². The van der Waals surface area contributed by atoms with Crippen molar-refractivity contribution < 1.29 is 14.7 Å². The first-order valence-corrected chi connectivity index (χ1v) is 6.57. The summed E-state index contributed by atoms with van der Waals surface area (Å²) in [5.41, 5.74) is -1.09. The predicted octanol–water partition coefficient (Wildman–Crippen LogP) is 2.07. The maximum atomic E-state index is 12.0. The number of carboxylic acids is 1. The highest BCUT2D eigenvalue weighted by Gasteiger charge is 2.43. The van der Waals surface area contributed by atoms with Crippen molar-refractivity contribution >= 4 is 12.0 Å². The van der Waals surface area contributed by atoms with E-state index in [0.29, 0.717) is 18.8 Å². The van der Waals surface area contributed by atoms with Crippen molar-refractivity contribution in [1.82, 2.24) is 10.2 Å². The molecule has 1 rings (SSSR count). The normalized spacial score (nSPS) is 27.9. The fraction of sp³-hybridized carbons (Fsp3) is 0.846. The zero-order chi connectivity index (χ0) is 13.9. The third-order valence-corrected chi connectivity index (χ3v) is 3.85. The number of nitrogens with zero attached hydrogens (tertiary/aromatic N) is 1. The Morgan fingerprint density at radius 1 is 1.44 bits per heavy atom. The molecule has 1 aliphatic carbocycles. The minimum atomic E-state index is -1.09. The van der Waals surface area contributed by atoms with E-state index in [-0.39, 0.29) is 12.1 Å². The van der Waals surface area contributed by atoms with Gasteiger partial charge in [-0.15, -0.1) is 0 Å². The Bertz CT molecular complexity index is 330. The second kappa shape index (κ2) is 5.59. The molecule has 1 aliphatic rings. The lowest BCUT2D eigenvalue weighted by Gasteiger charge is -2.38. The lowest BCUT2D eigenvalue weighted by atomic mass is 9.76. The van der Waals surface area contributed by atoms with Crippen molar-refractivity contribution in [3.63, 3.8) is 0 Å². The van der Waals surface area contributed by atoms with Crippen LogP contribution in [0.4, 0.5) is 4.79 Å². The summed E-state index contributed by atoms with van der Waals surface area (Å²) >= 11 is 0. The minimum absolute atomic E-state index is 0.0526. The number of rotatable bonds is 3. The highest BCUT2D eigenvalue weighted by Crippen LogP contribution is 2.32. The van der Waals surface area contributed by atoms with Gasteiger partial charge in [-0.1, -0.05) is 19.8 Å². The highest BCUT2D eigenvalue weighted by atomic mass is 16.4. The van der Waals surface area contributed by atoms with Gasteiger partial charge in [0.2, 0.25) is 0 Å². The fourth-order valence-electron chi connectivity index (χ4n) is 2.44. The molecule has 18 heavy (non-hydrogen) atoms. The molecule has 0 heterocycles. The van der Waals surface area contributed by atoms with Gasteiger partial charge in [0.05, 0.1) is 0 Å². The van der Waals surface area contributed by atoms with E-state index in [1.54, 1.807) is 7.05 Å². The summed E-state index contributed by atoms with van der Waals surface area (Å²) in [7, 11) is 1.68. The molecule has 0 aromatic carbocycles. The summed E-state index contributed by atoms with van der Waals surface area (Å²) in [6.07, 6.45) is 2.91. The van der Waals surface area contributed by atoms with E-state index in [4.69, 9.17) is 0 Å². The van der Waals surface area contributed by atoms with Crippen LogP contribution < -0.4 is 5.32 Å². The maximum Gasteiger partial charge on any atom is 0.329 e. The summed E-state index contributed by atoms with van der Waals surface area (Å²) in [4.78, 5) is 25.1. The molecule has 0 aromatic heterocycles. The highest BCUT2D eigenvalue weighted by molar-refractivity contribution is 5.86. The molecule has 0 aromatic rings. The molecule has 0 aliphatic heterocycles. The van der Waals surface area contributed by atoms with E-state index < -0.39 is 11.5 Å². The molecular weight excluding hydrogens is 232 g/mol. The number of nitrogens with one attached hydrogen (secondary N) is 1. The standard InChI is InChI=1S/C13H24N2O3/c1-9(2)15(4)12(18)14-13(11(16)17)7-5-6-10(3)8-13/h9-10H,5-8H2,1-4H3,(H,14,18)(H,16,17). The number of hydrogen-bond donors (Lipinski definition) is 2. The van der Waals surface area contributed by atoms with E-state index in [1.807, 2.05) is 20.8 Å². The SMILES string of the molecule is CC1CCCC(NC(=O)N(C)C(C)C)(C(=O)O)C1. The van der Waals surface area contributed by atoms with E-state index in [1.165, 1.54) is 4.90 Å². The number of carboxylic acid groups (broad SMARTS) is 1. The van der Waals surface area contributed by atoms with Gasteiger partial charge in [0, 0.05) is 13.1 Å². The van der Waals surface area contributed by atoms with Crippen LogP contribution in [-0.4, -0.2) is 40.6 Å². The molecule has 104 valence electrons. The quantitative estimate of drug-likeness (QED) is 0.812. The van der Waals surface area contributed by atoms with Crippen molar-refractivity contribution in [1.29, 1.82) is 0 Å². The van der Waals surface area contributed by atoms with Crippen LogP contribution in [0.15, 0.2) is 0 Å². The number of hydrogen-bond acceptors (Lipinski definition) is 2. The lowest BCUT2D eigenvalue weighted by Crippen LogP contribution is -2.59. The van der Waals surface area contributed by atoms with Gasteiger partial charge in [0.25, 0.3) is 0 Å². The van der Waals surface area contributed by atoms with Crippen molar-refractivity contribution in [2.24, 2.45) is 5.92 Å². The zero-order valence-electron chi connectivity index (χ0n) is 11.7. The van der Waals surface area contributed by atoms with Crippen LogP contribution in [0.1, 0.15) is 46.5 Å². The number of amides is 2. The first-order chi connectivity index (χ1) is 8.28. The van der Waals surface area contributed by atoms with Crippen LogP contribution in [0.25, 0.3) is 0 Å². The lowest BCUT2D eigenvalue weighted by molar-refractivity contribution is -0.146. The molecule has 0 spiro atoms. The van der Waals surface area contributed by atoms with Gasteiger partial charge in [0.1, 0.15) is 5.54 Å². The molecule has 2 amide bonds. The first kappa shape index (κ1) is 14.8. The summed E-state index contributed by atoms with van der Waals surface area (Å²) in [6, 6.07) is -0.252. The summed E-state index contributed by atoms with van der Waals surface area (Å²) < 4.78 is 0. The fourth-order valence-corrected chi connectivity index (χ4v) is 2.44. The molecule has 2 unspecified atom stereocenters. The number of urea groups is 1. The molecule has 5 nitrogen and oxygen atoms in total. The van der Waals surface area contributed by atoms with Crippen LogP contribution in [0, 0.1) is 5.92 Å². The van der Waals surface area contributed by atoms with Gasteiger partial charge in [-0.05, 0) is 32.6 Å². The Labute approximate surface area is 109 Å². The Kier molecular flexibility index (Phi) is 4.59. The third-order valence-electron chi connectivity index (χ3n) is 3.85. The Morgan fingerprint density at radius 3 is 2.50 bits per heavy atom. The summed E-state index contributed by atoms with van der Waals surface area (Å²) in [5.74, 6) is -0.584. The van der Waals surface area contributed by atoms with Crippen molar-refractivity contribution in [3.05, 3.63) is 0 Å². The molecule has 0 radical (unpaired) electrons. The van der Waals surface area contributed by atoms with Gasteiger partial charge in [-0.3, -0.25) is 0 Å². The molecule has 0 bridgehead atoms. The number of carbonyl (C=O) groups is 2. The number of carbonyl (C=O) groups excluding carboxylic acids is 1. The van der Waals surface area contributed by atoms with Crippen LogP contribution >= 0.6 is 0 Å². The number of aliphatic carboxylic acids is 1. The average molecular weight is 256 g/mol. The molecular formula is C13H24N2O3. The van der Waals surface area contributed by atoms with Gasteiger partial charge < -0.3 is 15.3 Å². The topological polar surface area (TPSA) is 69.6 Å². The molecule has 1 saturated carbocycles. The average Bonchev–Trinajstić information content (AvgIpc) is 2.27. The first-order valence-electron chi connectivity index (χ1n) is 6.57.